The Kier molecular flexibility index (Phi) is 3.85. The second kappa shape index (κ2) is 5.96. The smallest absolute Gasteiger partial charge is 0.308 e. The monoisotopic (exact) mass is 310 g/mol. The lowest BCUT2D eigenvalue weighted by atomic mass is 10.1. The van der Waals surface area contributed by atoms with Crippen LogP contribution in [-0.2, 0) is 4.79 Å². The average molecular weight is 310 g/mol. The van der Waals surface area contributed by atoms with Gasteiger partial charge in [0.05, 0.1) is 12.5 Å². The summed E-state index contributed by atoms with van der Waals surface area (Å²) in [6.45, 7) is 1.24. The minimum atomic E-state index is -0.586. The number of carbonyl (C=O) groups excluding carboxylic acids is 1. The van der Waals surface area contributed by atoms with Gasteiger partial charge in [0, 0.05) is 12.5 Å². The molecule has 23 heavy (non-hydrogen) atoms. The average Bonchev–Trinajstić information content (AvgIpc) is 2.57. The lowest BCUT2D eigenvalue weighted by Gasteiger charge is -2.10. The zero-order chi connectivity index (χ0) is 16.4. The summed E-state index contributed by atoms with van der Waals surface area (Å²) in [7, 11) is 1.51. The molecule has 5 nitrogen and oxygen atoms in total. The summed E-state index contributed by atoms with van der Waals surface area (Å²) < 4.78 is 16.1. The summed E-state index contributed by atoms with van der Waals surface area (Å²) in [6, 6.07) is 13.9. The molecule has 5 heteroatoms. The molecule has 1 aromatic heterocycles. The molecule has 0 N–H and O–H groups in total. The van der Waals surface area contributed by atoms with E-state index in [2.05, 4.69) is 0 Å². The van der Waals surface area contributed by atoms with Gasteiger partial charge in [0.25, 0.3) is 0 Å². The van der Waals surface area contributed by atoms with Crippen LogP contribution in [0.3, 0.4) is 0 Å². The van der Waals surface area contributed by atoms with Crippen molar-refractivity contribution >= 4 is 16.9 Å². The van der Waals surface area contributed by atoms with Crippen LogP contribution in [0.4, 0.5) is 0 Å². The van der Waals surface area contributed by atoms with E-state index in [0.29, 0.717) is 22.3 Å². The molecule has 116 valence electrons. The van der Waals surface area contributed by atoms with Crippen LogP contribution in [0, 0.1) is 0 Å². The van der Waals surface area contributed by atoms with Crippen LogP contribution in [0.1, 0.15) is 6.92 Å². The second-order valence-corrected chi connectivity index (χ2v) is 4.91. The van der Waals surface area contributed by atoms with E-state index in [1.165, 1.54) is 14.0 Å². The summed E-state index contributed by atoms with van der Waals surface area (Å²) in [4.78, 5) is 24.1. The van der Waals surface area contributed by atoms with Crippen molar-refractivity contribution in [3.8, 4) is 22.8 Å². The number of ether oxygens (including phenoxy) is 2. The van der Waals surface area contributed by atoms with Crippen molar-refractivity contribution < 1.29 is 18.7 Å². The molecule has 0 aliphatic carbocycles. The van der Waals surface area contributed by atoms with Gasteiger partial charge in [-0.25, -0.2) is 0 Å². The number of hydrogen-bond donors (Lipinski definition) is 0. The first kappa shape index (κ1) is 14.8. The van der Waals surface area contributed by atoms with Crippen LogP contribution in [0.15, 0.2) is 57.7 Å². The molecule has 0 atom stereocenters. The van der Waals surface area contributed by atoms with Gasteiger partial charge in [-0.05, 0) is 18.2 Å². The third-order valence-electron chi connectivity index (χ3n) is 3.34. The summed E-state index contributed by atoms with van der Waals surface area (Å²) in [5.41, 5.74) is 0.628. The fourth-order valence-electron chi connectivity index (χ4n) is 2.30. The number of benzene rings is 2. The number of carbonyl (C=O) groups is 1. The Balaban J connectivity index is 2.34. The fourth-order valence-corrected chi connectivity index (χ4v) is 2.30. The molecule has 0 fully saturated rings. The summed E-state index contributed by atoms with van der Waals surface area (Å²) in [5, 5.41) is 0.292. The van der Waals surface area contributed by atoms with Crippen molar-refractivity contribution in [1.82, 2.24) is 0 Å². The minimum absolute atomic E-state index is 0.121. The van der Waals surface area contributed by atoms with Gasteiger partial charge in [0.15, 0.2) is 5.76 Å². The maximum atomic E-state index is 12.7. The quantitative estimate of drug-likeness (QED) is 0.694. The molecule has 2 aromatic carbocycles. The van der Waals surface area contributed by atoms with Gasteiger partial charge in [-0.2, -0.15) is 0 Å². The molecule has 3 aromatic rings. The molecule has 1 heterocycles. The van der Waals surface area contributed by atoms with Crippen LogP contribution in [0.2, 0.25) is 0 Å². The number of methoxy groups -OCH3 is 1. The van der Waals surface area contributed by atoms with E-state index in [1.54, 1.807) is 30.3 Å². The summed E-state index contributed by atoms with van der Waals surface area (Å²) >= 11 is 0. The Bertz CT molecular complexity index is 925. The first-order valence-corrected chi connectivity index (χ1v) is 6.99. The molecule has 0 bridgehead atoms. The van der Waals surface area contributed by atoms with Gasteiger partial charge in [-0.3, -0.25) is 9.59 Å². The topological polar surface area (TPSA) is 65.7 Å². The molecule has 3 rings (SSSR count). The molecular weight excluding hydrogens is 296 g/mol. The van der Waals surface area contributed by atoms with E-state index < -0.39 is 11.4 Å². The summed E-state index contributed by atoms with van der Waals surface area (Å²) in [5.74, 6) is 0.0377. The van der Waals surface area contributed by atoms with Gasteiger partial charge in [-0.1, -0.05) is 30.3 Å². The summed E-state index contributed by atoms with van der Waals surface area (Å²) in [6.07, 6.45) is 0. The predicted octanol–water partition coefficient (Wildman–Crippen LogP) is 3.39. The van der Waals surface area contributed by atoms with Crippen molar-refractivity contribution in [3.63, 3.8) is 0 Å². The molecule has 0 spiro atoms. The van der Waals surface area contributed by atoms with Crippen molar-refractivity contribution in [1.29, 1.82) is 0 Å². The van der Waals surface area contributed by atoms with Gasteiger partial charge >= 0.3 is 5.97 Å². The Hall–Kier alpha value is -3.08. The SMILES string of the molecule is COc1ccc2oc(-c3ccccc3)c(OC(C)=O)c(=O)c2c1. The molecule has 0 amide bonds. The van der Waals surface area contributed by atoms with Gasteiger partial charge < -0.3 is 13.9 Å². The highest BCUT2D eigenvalue weighted by Crippen LogP contribution is 2.31. The maximum Gasteiger partial charge on any atom is 0.308 e. The third-order valence-corrected chi connectivity index (χ3v) is 3.34. The van der Waals surface area contributed by atoms with Gasteiger partial charge in [0.1, 0.15) is 11.3 Å². The zero-order valence-corrected chi connectivity index (χ0v) is 12.7. The second-order valence-electron chi connectivity index (χ2n) is 4.91. The molecule has 0 radical (unpaired) electrons. The van der Waals surface area contributed by atoms with Crippen LogP contribution < -0.4 is 14.9 Å². The highest BCUT2D eigenvalue weighted by atomic mass is 16.5. The molecule has 0 aliphatic heterocycles. The van der Waals surface area contributed by atoms with Crippen LogP contribution in [-0.4, -0.2) is 13.1 Å². The van der Waals surface area contributed by atoms with Crippen LogP contribution in [0.5, 0.6) is 11.5 Å². The van der Waals surface area contributed by atoms with E-state index in [0.717, 1.165) is 0 Å². The molecule has 0 unspecified atom stereocenters. The number of fused-ring (bicyclic) bond motifs is 1. The van der Waals surface area contributed by atoms with E-state index in [1.807, 2.05) is 18.2 Å². The normalized spacial score (nSPS) is 10.5. The molecular formula is C18H14O5. The highest BCUT2D eigenvalue weighted by Gasteiger charge is 2.19. The first-order valence-electron chi connectivity index (χ1n) is 6.99. The standard InChI is InChI=1S/C18H14O5/c1-11(19)22-18-16(20)14-10-13(21-2)8-9-15(14)23-17(18)12-6-4-3-5-7-12/h3-10H,1-2H3. The largest absolute Gasteiger partial charge is 0.497 e. The Morgan fingerprint density at radius 2 is 1.83 bits per heavy atom. The number of hydrogen-bond acceptors (Lipinski definition) is 5. The van der Waals surface area contributed by atoms with Crippen molar-refractivity contribution in [2.75, 3.05) is 7.11 Å². The van der Waals surface area contributed by atoms with Crippen molar-refractivity contribution in [3.05, 3.63) is 58.8 Å². The number of rotatable bonds is 3. The minimum Gasteiger partial charge on any atom is -0.497 e. The van der Waals surface area contributed by atoms with E-state index in [4.69, 9.17) is 13.9 Å². The Morgan fingerprint density at radius 3 is 2.48 bits per heavy atom. The van der Waals surface area contributed by atoms with E-state index in [-0.39, 0.29) is 11.5 Å². The molecule has 0 saturated carbocycles. The highest BCUT2D eigenvalue weighted by molar-refractivity contribution is 5.84. The van der Waals surface area contributed by atoms with Gasteiger partial charge in [0.2, 0.25) is 11.2 Å². The van der Waals surface area contributed by atoms with E-state index >= 15 is 0 Å². The first-order chi connectivity index (χ1) is 11.1. The molecule has 0 saturated heterocycles. The Labute approximate surface area is 132 Å². The zero-order valence-electron chi connectivity index (χ0n) is 12.7. The van der Waals surface area contributed by atoms with Crippen molar-refractivity contribution in [2.24, 2.45) is 0 Å². The fraction of sp³-hybridized carbons (Fsp3) is 0.111. The lowest BCUT2D eigenvalue weighted by molar-refractivity contribution is -0.131. The van der Waals surface area contributed by atoms with Crippen LogP contribution >= 0.6 is 0 Å². The third kappa shape index (κ3) is 2.81. The predicted molar refractivity (Wildman–Crippen MR) is 85.8 cm³/mol. The number of esters is 1. The Morgan fingerprint density at radius 1 is 1.09 bits per heavy atom. The molecule has 0 aliphatic rings. The van der Waals surface area contributed by atoms with Crippen LogP contribution in [0.25, 0.3) is 22.3 Å². The van der Waals surface area contributed by atoms with Gasteiger partial charge in [-0.15, -0.1) is 0 Å². The lowest BCUT2D eigenvalue weighted by Crippen LogP contribution is -2.13. The maximum absolute atomic E-state index is 12.7. The van der Waals surface area contributed by atoms with Crippen molar-refractivity contribution in [2.45, 2.75) is 6.92 Å². The van der Waals surface area contributed by atoms with E-state index in [9.17, 15) is 9.59 Å².